The van der Waals surface area contributed by atoms with Gasteiger partial charge < -0.3 is 14.5 Å². The van der Waals surface area contributed by atoms with Crippen molar-refractivity contribution in [3.05, 3.63) is 80.9 Å². The zero-order valence-corrected chi connectivity index (χ0v) is 21.0. The van der Waals surface area contributed by atoms with Gasteiger partial charge >= 0.3 is 5.97 Å². The number of benzene rings is 3. The van der Waals surface area contributed by atoms with Crippen molar-refractivity contribution in [3.8, 4) is 0 Å². The highest BCUT2D eigenvalue weighted by Crippen LogP contribution is 2.30. The molecule has 9 nitrogen and oxygen atoms in total. The number of nitro benzene ring substituents is 1. The second-order valence-corrected chi connectivity index (χ2v) is 8.85. The number of hydrogen-bond donors (Lipinski definition) is 1. The number of nitrogens with one attached hydrogen (secondary N) is 1. The fraction of sp³-hybridized carbons (Fsp3) is 0.240. The van der Waals surface area contributed by atoms with Crippen LogP contribution in [0.3, 0.4) is 0 Å². The summed E-state index contributed by atoms with van der Waals surface area (Å²) in [4.78, 5) is 39.8. The second kappa shape index (κ2) is 10.9. The van der Waals surface area contributed by atoms with Crippen LogP contribution >= 0.6 is 23.8 Å². The number of thiocarbonyl (C=S) groups is 1. The van der Waals surface area contributed by atoms with Crippen LogP contribution in [0.4, 0.5) is 11.4 Å². The highest BCUT2D eigenvalue weighted by Gasteiger charge is 2.27. The van der Waals surface area contributed by atoms with Gasteiger partial charge in [-0.2, -0.15) is 0 Å². The molecule has 1 saturated heterocycles. The van der Waals surface area contributed by atoms with E-state index in [-0.39, 0.29) is 28.9 Å². The number of fused-ring (bicyclic) bond motifs is 1. The van der Waals surface area contributed by atoms with Gasteiger partial charge in [0.2, 0.25) is 0 Å². The van der Waals surface area contributed by atoms with Crippen LogP contribution in [0.15, 0.2) is 54.6 Å². The number of ether oxygens (including phenoxy) is 1. The van der Waals surface area contributed by atoms with E-state index in [0.29, 0.717) is 42.5 Å². The van der Waals surface area contributed by atoms with Crippen molar-refractivity contribution >= 4 is 63.0 Å². The molecule has 1 fully saturated rings. The third kappa shape index (κ3) is 5.24. The van der Waals surface area contributed by atoms with Gasteiger partial charge in [0, 0.05) is 48.2 Å². The highest BCUT2D eigenvalue weighted by molar-refractivity contribution is 7.80. The van der Waals surface area contributed by atoms with Crippen LogP contribution in [0.1, 0.15) is 27.6 Å². The number of amides is 1. The first-order valence-corrected chi connectivity index (χ1v) is 12.1. The van der Waals surface area contributed by atoms with E-state index >= 15 is 0 Å². The van der Waals surface area contributed by atoms with Gasteiger partial charge in [0.25, 0.3) is 11.6 Å². The Morgan fingerprint density at radius 1 is 1.08 bits per heavy atom. The number of anilines is 1. The summed E-state index contributed by atoms with van der Waals surface area (Å²) in [6.07, 6.45) is 0. The van der Waals surface area contributed by atoms with Crippen molar-refractivity contribution in [1.29, 1.82) is 0 Å². The zero-order chi connectivity index (χ0) is 25.8. The van der Waals surface area contributed by atoms with Crippen LogP contribution in [0.25, 0.3) is 10.8 Å². The van der Waals surface area contributed by atoms with Gasteiger partial charge in [-0.1, -0.05) is 35.9 Å². The molecule has 0 aliphatic carbocycles. The number of rotatable bonds is 5. The van der Waals surface area contributed by atoms with Crippen molar-refractivity contribution in [2.75, 3.05) is 37.7 Å². The number of carbonyl (C=O) groups excluding carboxylic acids is 2. The molecule has 11 heteroatoms. The Morgan fingerprint density at radius 3 is 2.47 bits per heavy atom. The number of nitro groups is 1. The van der Waals surface area contributed by atoms with E-state index in [1.165, 1.54) is 12.1 Å². The second-order valence-electron chi connectivity index (χ2n) is 8.05. The van der Waals surface area contributed by atoms with E-state index in [0.717, 1.165) is 10.8 Å². The van der Waals surface area contributed by atoms with E-state index in [4.69, 9.17) is 28.6 Å². The molecule has 0 atom stereocenters. The molecule has 3 aromatic carbocycles. The van der Waals surface area contributed by atoms with Gasteiger partial charge in [0.05, 0.1) is 17.1 Å². The predicted octanol–water partition coefficient (Wildman–Crippen LogP) is 4.42. The quantitative estimate of drug-likeness (QED) is 0.225. The molecule has 1 aliphatic heterocycles. The molecule has 36 heavy (non-hydrogen) atoms. The van der Waals surface area contributed by atoms with Gasteiger partial charge in [-0.3, -0.25) is 20.2 Å². The Morgan fingerprint density at radius 2 is 1.78 bits per heavy atom. The number of carbonyl (C=O) groups is 2. The lowest BCUT2D eigenvalue weighted by molar-refractivity contribution is -0.384. The largest absolute Gasteiger partial charge is 0.462 e. The Hall–Kier alpha value is -3.76. The van der Waals surface area contributed by atoms with Crippen molar-refractivity contribution in [2.45, 2.75) is 6.92 Å². The van der Waals surface area contributed by atoms with Gasteiger partial charge in [-0.15, -0.1) is 0 Å². The summed E-state index contributed by atoms with van der Waals surface area (Å²) in [5.41, 5.74) is 0.840. The molecule has 1 N–H and O–H groups in total. The molecular weight excluding hydrogens is 504 g/mol. The number of esters is 1. The summed E-state index contributed by atoms with van der Waals surface area (Å²) in [6, 6.07) is 15.0. The lowest BCUT2D eigenvalue weighted by Crippen LogP contribution is -2.52. The average Bonchev–Trinajstić information content (AvgIpc) is 2.88. The minimum absolute atomic E-state index is 0.129. The summed E-state index contributed by atoms with van der Waals surface area (Å²) >= 11 is 11.7. The fourth-order valence-corrected chi connectivity index (χ4v) is 4.65. The molecule has 0 aromatic heterocycles. The molecule has 1 amide bonds. The minimum Gasteiger partial charge on any atom is -0.462 e. The van der Waals surface area contributed by atoms with Crippen molar-refractivity contribution in [3.63, 3.8) is 0 Å². The third-order valence-corrected chi connectivity index (χ3v) is 6.61. The lowest BCUT2D eigenvalue weighted by atomic mass is 10.0. The number of nitrogens with zero attached hydrogens (tertiary/aromatic N) is 3. The molecule has 0 unspecified atom stereocenters. The standard InChI is InChI=1S/C25H23ClN4O5S/c1-2-35-24(32)16-9-10-21(22(15-16)30(33)34)28-11-13-29(14-12-28)25(36)27-23(31)19-7-3-6-18-17(19)5-4-8-20(18)26/h3-10,15H,2,11-14H2,1H3,(H,27,31,36). The highest BCUT2D eigenvalue weighted by atomic mass is 35.5. The van der Waals surface area contributed by atoms with Gasteiger partial charge in [-0.25, -0.2) is 4.79 Å². The first-order chi connectivity index (χ1) is 17.3. The summed E-state index contributed by atoms with van der Waals surface area (Å²) in [7, 11) is 0. The summed E-state index contributed by atoms with van der Waals surface area (Å²) in [6.45, 7) is 3.65. The van der Waals surface area contributed by atoms with Crippen molar-refractivity contribution < 1.29 is 19.2 Å². The normalized spacial score (nSPS) is 13.4. The van der Waals surface area contributed by atoms with Crippen LogP contribution < -0.4 is 10.2 Å². The summed E-state index contributed by atoms with van der Waals surface area (Å²) in [5, 5.41) is 16.8. The number of halogens is 1. The van der Waals surface area contributed by atoms with E-state index in [2.05, 4.69) is 5.32 Å². The summed E-state index contributed by atoms with van der Waals surface area (Å²) < 4.78 is 4.94. The maximum absolute atomic E-state index is 13.0. The van der Waals surface area contributed by atoms with E-state index < -0.39 is 10.9 Å². The molecule has 0 saturated carbocycles. The van der Waals surface area contributed by atoms with E-state index in [9.17, 15) is 19.7 Å². The van der Waals surface area contributed by atoms with Crippen LogP contribution in [0, 0.1) is 10.1 Å². The Kier molecular flexibility index (Phi) is 7.66. The molecule has 3 aromatic rings. The maximum atomic E-state index is 13.0. The molecule has 4 rings (SSSR count). The number of hydrogen-bond acceptors (Lipinski definition) is 7. The molecule has 1 heterocycles. The van der Waals surface area contributed by atoms with Crippen LogP contribution in [0.2, 0.25) is 5.02 Å². The van der Waals surface area contributed by atoms with Gasteiger partial charge in [-0.05, 0) is 48.8 Å². The predicted molar refractivity (Wildman–Crippen MR) is 142 cm³/mol. The van der Waals surface area contributed by atoms with Crippen molar-refractivity contribution in [2.24, 2.45) is 0 Å². The third-order valence-electron chi connectivity index (χ3n) is 5.92. The Bertz CT molecular complexity index is 1360. The Balaban J connectivity index is 1.43. The topological polar surface area (TPSA) is 105 Å². The molecular formula is C25H23ClN4O5S. The molecule has 186 valence electrons. The van der Waals surface area contributed by atoms with Crippen molar-refractivity contribution in [1.82, 2.24) is 10.2 Å². The molecule has 0 bridgehead atoms. The summed E-state index contributed by atoms with van der Waals surface area (Å²) in [5.74, 6) is -0.938. The first kappa shape index (κ1) is 25.3. The first-order valence-electron chi connectivity index (χ1n) is 11.3. The van der Waals surface area contributed by atoms with Gasteiger partial charge in [0.1, 0.15) is 5.69 Å². The van der Waals surface area contributed by atoms with Gasteiger partial charge in [0.15, 0.2) is 5.11 Å². The average molecular weight is 527 g/mol. The number of piperazine rings is 1. The maximum Gasteiger partial charge on any atom is 0.338 e. The van der Waals surface area contributed by atoms with E-state index in [1.807, 2.05) is 21.9 Å². The Labute approximate surface area is 217 Å². The van der Waals surface area contributed by atoms with E-state index in [1.54, 1.807) is 37.3 Å². The fourth-order valence-electron chi connectivity index (χ4n) is 4.14. The minimum atomic E-state index is -0.605. The smallest absolute Gasteiger partial charge is 0.338 e. The molecule has 1 aliphatic rings. The van der Waals surface area contributed by atoms with Crippen LogP contribution in [-0.2, 0) is 4.74 Å². The zero-order valence-electron chi connectivity index (χ0n) is 19.4. The monoisotopic (exact) mass is 526 g/mol. The molecule has 0 spiro atoms. The van der Waals surface area contributed by atoms with Crippen LogP contribution in [-0.4, -0.2) is 59.6 Å². The molecule has 0 radical (unpaired) electrons. The van der Waals surface area contributed by atoms with Crippen LogP contribution in [0.5, 0.6) is 0 Å². The SMILES string of the molecule is CCOC(=O)c1ccc(N2CCN(C(=S)NC(=O)c3cccc4c(Cl)cccc34)CC2)c([N+](=O)[O-])c1. The lowest BCUT2D eigenvalue weighted by Gasteiger charge is -2.37.